The molecule has 2 atom stereocenters. The van der Waals surface area contributed by atoms with E-state index in [-0.39, 0.29) is 18.1 Å². The van der Waals surface area contributed by atoms with Crippen LogP contribution in [0.15, 0.2) is 66.9 Å². The predicted octanol–water partition coefficient (Wildman–Crippen LogP) is 4.10. The topological polar surface area (TPSA) is 53.4 Å². The van der Waals surface area contributed by atoms with Gasteiger partial charge < -0.3 is 15.1 Å². The maximum absolute atomic E-state index is 13.2. The number of hydrogen-bond donors (Lipinski definition) is 1. The van der Waals surface area contributed by atoms with E-state index in [0.29, 0.717) is 6.54 Å². The van der Waals surface area contributed by atoms with Crippen LogP contribution >= 0.6 is 0 Å². The molecule has 1 aromatic heterocycles. The van der Waals surface area contributed by atoms with Crippen LogP contribution in [0.3, 0.4) is 0 Å². The zero-order valence-corrected chi connectivity index (χ0v) is 17.8. The Morgan fingerprint density at radius 3 is 2.33 bits per heavy atom. The predicted molar refractivity (Wildman–Crippen MR) is 119 cm³/mol. The minimum Gasteiger partial charge on any atom is -0.350 e. The lowest BCUT2D eigenvalue weighted by molar-refractivity contribution is 0.158. The number of nitrogens with one attached hydrogen (secondary N) is 1. The fraction of sp³-hybridized carbons (Fsp3) is 0.333. The van der Waals surface area contributed by atoms with Crippen LogP contribution in [-0.4, -0.2) is 33.3 Å². The fourth-order valence-electron chi connectivity index (χ4n) is 4.34. The second-order valence-electron chi connectivity index (χ2n) is 7.99. The van der Waals surface area contributed by atoms with Crippen molar-refractivity contribution in [2.45, 2.75) is 39.0 Å². The number of nitrogens with zero attached hydrogens (tertiary/aromatic N) is 4. The Balaban J connectivity index is 1.58. The largest absolute Gasteiger partial charge is 0.350 e. The number of carbonyl (C=O) groups is 1. The number of rotatable bonds is 4. The summed E-state index contributed by atoms with van der Waals surface area (Å²) in [6.45, 7) is 6.25. The van der Waals surface area contributed by atoms with Gasteiger partial charge in [0.05, 0.1) is 12.2 Å². The van der Waals surface area contributed by atoms with Gasteiger partial charge in [-0.05, 0) is 25.0 Å². The van der Waals surface area contributed by atoms with Gasteiger partial charge in [0, 0.05) is 38.3 Å². The molecule has 0 radical (unpaired) electrons. The zero-order valence-electron chi connectivity index (χ0n) is 17.8. The highest BCUT2D eigenvalue weighted by Crippen LogP contribution is 2.35. The quantitative estimate of drug-likeness (QED) is 0.714. The Labute approximate surface area is 178 Å². The van der Waals surface area contributed by atoms with E-state index in [9.17, 15) is 4.79 Å². The molecule has 1 aliphatic heterocycles. The second-order valence-corrected chi connectivity index (χ2v) is 7.99. The van der Waals surface area contributed by atoms with E-state index in [0.717, 1.165) is 30.0 Å². The molecule has 0 saturated carbocycles. The maximum atomic E-state index is 13.2. The van der Waals surface area contributed by atoms with Crippen LogP contribution in [0.5, 0.6) is 0 Å². The van der Waals surface area contributed by atoms with Gasteiger partial charge in [0.15, 0.2) is 0 Å². The molecular weight excluding hydrogens is 374 g/mol. The standard InChI is InChI=1S/C24H29N5O/c1-18-16-28(17-21-12-8-5-9-13-21)23-22(15-26-27(23)3)19(2)29(18)24(30)25-14-20-10-6-4-7-11-20/h4-13,15,18-19H,14,16-17H2,1-3H3,(H,25,30)/t18-,19+/m1/s1. The normalized spacial score (nSPS) is 18.6. The summed E-state index contributed by atoms with van der Waals surface area (Å²) in [5.41, 5.74) is 3.41. The van der Waals surface area contributed by atoms with E-state index in [1.807, 2.05) is 59.2 Å². The van der Waals surface area contributed by atoms with Gasteiger partial charge in [0.1, 0.15) is 5.82 Å². The molecule has 2 aromatic carbocycles. The summed E-state index contributed by atoms with van der Waals surface area (Å²) >= 11 is 0. The Bertz CT molecular complexity index is 985. The number of anilines is 1. The first-order valence-electron chi connectivity index (χ1n) is 10.5. The zero-order chi connectivity index (χ0) is 21.1. The third-order valence-corrected chi connectivity index (χ3v) is 5.80. The molecule has 2 amide bonds. The highest BCUT2D eigenvalue weighted by Gasteiger charge is 2.35. The van der Waals surface area contributed by atoms with E-state index in [1.54, 1.807) is 0 Å². The summed E-state index contributed by atoms with van der Waals surface area (Å²) in [5, 5.41) is 7.61. The van der Waals surface area contributed by atoms with Gasteiger partial charge in [-0.15, -0.1) is 0 Å². The summed E-state index contributed by atoms with van der Waals surface area (Å²) in [6, 6.07) is 20.4. The van der Waals surface area contributed by atoms with Crippen LogP contribution in [0.4, 0.5) is 10.6 Å². The van der Waals surface area contributed by atoms with Gasteiger partial charge in [-0.3, -0.25) is 4.68 Å². The second kappa shape index (κ2) is 8.61. The van der Waals surface area contributed by atoms with Crippen molar-refractivity contribution in [3.63, 3.8) is 0 Å². The molecule has 2 heterocycles. The van der Waals surface area contributed by atoms with Gasteiger partial charge >= 0.3 is 6.03 Å². The number of carbonyl (C=O) groups excluding carboxylic acids is 1. The number of aromatic nitrogens is 2. The third kappa shape index (κ3) is 4.03. The highest BCUT2D eigenvalue weighted by atomic mass is 16.2. The number of fused-ring (bicyclic) bond motifs is 1. The van der Waals surface area contributed by atoms with Crippen molar-refractivity contribution in [1.82, 2.24) is 20.0 Å². The van der Waals surface area contributed by atoms with Crippen molar-refractivity contribution in [3.05, 3.63) is 83.6 Å². The number of urea groups is 1. The van der Waals surface area contributed by atoms with Crippen molar-refractivity contribution in [1.29, 1.82) is 0 Å². The molecule has 30 heavy (non-hydrogen) atoms. The first kappa shape index (κ1) is 20.0. The summed E-state index contributed by atoms with van der Waals surface area (Å²) in [4.78, 5) is 17.5. The molecule has 0 aliphatic carbocycles. The van der Waals surface area contributed by atoms with Crippen LogP contribution in [0.25, 0.3) is 0 Å². The number of aryl methyl sites for hydroxylation is 1. The molecule has 6 nitrogen and oxygen atoms in total. The van der Waals surface area contributed by atoms with Crippen LogP contribution in [-0.2, 0) is 20.1 Å². The van der Waals surface area contributed by atoms with E-state index < -0.39 is 0 Å². The molecule has 0 spiro atoms. The van der Waals surface area contributed by atoms with Crippen molar-refractivity contribution >= 4 is 11.8 Å². The molecule has 0 fully saturated rings. The van der Waals surface area contributed by atoms with Crippen LogP contribution in [0.2, 0.25) is 0 Å². The average Bonchev–Trinajstić information content (AvgIpc) is 3.10. The van der Waals surface area contributed by atoms with Crippen molar-refractivity contribution in [3.8, 4) is 0 Å². The van der Waals surface area contributed by atoms with E-state index in [4.69, 9.17) is 0 Å². The Hall–Kier alpha value is -3.28. The van der Waals surface area contributed by atoms with E-state index >= 15 is 0 Å². The first-order valence-corrected chi connectivity index (χ1v) is 10.5. The molecule has 6 heteroatoms. The van der Waals surface area contributed by atoms with Gasteiger partial charge in [-0.2, -0.15) is 5.10 Å². The Morgan fingerprint density at radius 2 is 1.67 bits per heavy atom. The molecular formula is C24H29N5O. The van der Waals surface area contributed by atoms with Gasteiger partial charge in [0.25, 0.3) is 0 Å². The minimum atomic E-state index is -0.0692. The van der Waals surface area contributed by atoms with Crippen molar-refractivity contribution in [2.75, 3.05) is 11.4 Å². The molecule has 3 aromatic rings. The summed E-state index contributed by atoms with van der Waals surface area (Å²) in [5.74, 6) is 1.08. The smallest absolute Gasteiger partial charge is 0.318 e. The van der Waals surface area contributed by atoms with Crippen LogP contribution in [0, 0.1) is 0 Å². The molecule has 156 valence electrons. The highest BCUT2D eigenvalue weighted by molar-refractivity contribution is 5.76. The molecule has 1 aliphatic rings. The number of benzene rings is 2. The molecule has 0 bridgehead atoms. The molecule has 4 rings (SSSR count). The first-order chi connectivity index (χ1) is 14.5. The van der Waals surface area contributed by atoms with E-state index in [2.05, 4.69) is 53.4 Å². The summed E-state index contributed by atoms with van der Waals surface area (Å²) < 4.78 is 1.92. The van der Waals surface area contributed by atoms with Crippen molar-refractivity contribution in [2.24, 2.45) is 7.05 Å². The number of amides is 2. The lowest BCUT2D eigenvalue weighted by Gasteiger charge is -2.33. The molecule has 0 unspecified atom stereocenters. The van der Waals surface area contributed by atoms with Crippen LogP contribution < -0.4 is 10.2 Å². The molecule has 1 N–H and O–H groups in total. The third-order valence-electron chi connectivity index (χ3n) is 5.80. The fourth-order valence-corrected chi connectivity index (χ4v) is 4.34. The Morgan fingerprint density at radius 1 is 1.03 bits per heavy atom. The lowest BCUT2D eigenvalue weighted by atomic mass is 10.1. The summed E-state index contributed by atoms with van der Waals surface area (Å²) in [7, 11) is 1.97. The monoisotopic (exact) mass is 403 g/mol. The number of hydrogen-bond acceptors (Lipinski definition) is 3. The lowest BCUT2D eigenvalue weighted by Crippen LogP contribution is -2.48. The van der Waals surface area contributed by atoms with E-state index in [1.165, 1.54) is 5.56 Å². The SMILES string of the molecule is C[C@@H]1CN(Cc2ccccc2)c2c(cnn2C)[C@H](C)N1C(=O)NCc1ccccc1. The maximum Gasteiger partial charge on any atom is 0.318 e. The average molecular weight is 404 g/mol. The van der Waals surface area contributed by atoms with Gasteiger partial charge in [-0.25, -0.2) is 4.79 Å². The van der Waals surface area contributed by atoms with Crippen molar-refractivity contribution < 1.29 is 4.79 Å². The minimum absolute atomic E-state index is 0.0461. The van der Waals surface area contributed by atoms with Crippen LogP contribution in [0.1, 0.15) is 36.6 Å². The molecule has 0 saturated heterocycles. The Kier molecular flexibility index (Phi) is 5.74. The van der Waals surface area contributed by atoms with Gasteiger partial charge in [0.2, 0.25) is 0 Å². The summed E-state index contributed by atoms with van der Waals surface area (Å²) in [6.07, 6.45) is 1.90. The van der Waals surface area contributed by atoms with Gasteiger partial charge in [-0.1, -0.05) is 60.7 Å².